The van der Waals surface area contributed by atoms with Crippen LogP contribution in [0.25, 0.3) is 0 Å². The third-order valence-electron chi connectivity index (χ3n) is 6.77. The standard InChI is InChI=1S/C23H33N3O5S/c1-13-18(20(27)26-11-16-8-15(21(28)30-5)9-17(16)12-26)32-19(24-13)14-6-7-25(10-14)22(29)31-23(2,3)4/h14-17H,6-12H2,1-5H3/t14?,15?,16-,17+. The number of aryl methyl sites for hydroxylation is 1. The lowest BCUT2D eigenvalue weighted by Crippen LogP contribution is -2.35. The lowest BCUT2D eigenvalue weighted by atomic mass is 10.0. The average Bonchev–Trinajstić information content (AvgIpc) is 3.47. The molecule has 0 aromatic carbocycles. The summed E-state index contributed by atoms with van der Waals surface area (Å²) in [6.07, 6.45) is 2.13. The second kappa shape index (κ2) is 8.65. The number of likely N-dealkylation sites (tertiary alicyclic amines) is 2. The summed E-state index contributed by atoms with van der Waals surface area (Å²) in [7, 11) is 1.44. The van der Waals surface area contributed by atoms with Crippen LogP contribution in [0.2, 0.25) is 0 Å². The Balaban J connectivity index is 1.37. The first kappa shape index (κ1) is 23.0. The van der Waals surface area contributed by atoms with E-state index in [1.807, 2.05) is 32.6 Å². The van der Waals surface area contributed by atoms with Gasteiger partial charge < -0.3 is 19.3 Å². The lowest BCUT2D eigenvalue weighted by Gasteiger charge is -2.24. The SMILES string of the molecule is COC(=O)C1C[C@@H]2CN(C(=O)c3sc(C4CCN(C(=O)OC(C)(C)C)C4)nc3C)C[C@@H]2C1. The molecule has 0 spiro atoms. The van der Waals surface area contributed by atoms with E-state index in [1.165, 1.54) is 18.4 Å². The van der Waals surface area contributed by atoms with Gasteiger partial charge in [0.2, 0.25) is 0 Å². The smallest absolute Gasteiger partial charge is 0.410 e. The summed E-state index contributed by atoms with van der Waals surface area (Å²) >= 11 is 1.46. The summed E-state index contributed by atoms with van der Waals surface area (Å²) in [5, 5.41) is 0.919. The Bertz CT molecular complexity index is 894. The van der Waals surface area contributed by atoms with Gasteiger partial charge in [-0.2, -0.15) is 0 Å². The van der Waals surface area contributed by atoms with Crippen molar-refractivity contribution in [3.63, 3.8) is 0 Å². The number of hydrogen-bond donors (Lipinski definition) is 0. The van der Waals surface area contributed by atoms with Crippen molar-refractivity contribution in [2.45, 2.75) is 58.5 Å². The first-order valence-electron chi connectivity index (χ1n) is 11.4. The van der Waals surface area contributed by atoms with E-state index in [4.69, 9.17) is 14.5 Å². The normalized spacial score (nSPS) is 27.5. The van der Waals surface area contributed by atoms with Gasteiger partial charge in [-0.3, -0.25) is 9.59 Å². The molecule has 1 aliphatic carbocycles. The van der Waals surface area contributed by atoms with Gasteiger partial charge in [0.1, 0.15) is 10.5 Å². The molecule has 2 saturated heterocycles. The molecule has 0 N–H and O–H groups in total. The molecule has 3 heterocycles. The number of aromatic nitrogens is 1. The van der Waals surface area contributed by atoms with E-state index in [2.05, 4.69) is 0 Å². The molecule has 1 aromatic heterocycles. The minimum Gasteiger partial charge on any atom is -0.469 e. The fourth-order valence-corrected chi connectivity index (χ4v) is 6.37. The Morgan fingerprint density at radius 1 is 1.06 bits per heavy atom. The summed E-state index contributed by atoms with van der Waals surface area (Å²) < 4.78 is 10.4. The van der Waals surface area contributed by atoms with Gasteiger partial charge in [0.05, 0.1) is 23.7 Å². The van der Waals surface area contributed by atoms with Crippen molar-refractivity contribution in [3.05, 3.63) is 15.6 Å². The summed E-state index contributed by atoms with van der Waals surface area (Å²) in [5.41, 5.74) is 0.243. The van der Waals surface area contributed by atoms with Crippen LogP contribution in [-0.4, -0.2) is 71.6 Å². The van der Waals surface area contributed by atoms with Crippen molar-refractivity contribution in [1.82, 2.24) is 14.8 Å². The van der Waals surface area contributed by atoms with Crippen LogP contribution in [0, 0.1) is 24.7 Å². The molecule has 0 radical (unpaired) electrons. The zero-order valence-corrected chi connectivity index (χ0v) is 20.4. The number of amides is 2. The number of nitrogens with zero attached hydrogens (tertiary/aromatic N) is 3. The Morgan fingerprint density at radius 2 is 1.72 bits per heavy atom. The molecule has 0 bridgehead atoms. The van der Waals surface area contributed by atoms with Crippen LogP contribution in [0.3, 0.4) is 0 Å². The molecular weight excluding hydrogens is 430 g/mol. The van der Waals surface area contributed by atoms with Crippen molar-refractivity contribution in [2.75, 3.05) is 33.3 Å². The van der Waals surface area contributed by atoms with Crippen molar-refractivity contribution in [2.24, 2.45) is 17.8 Å². The van der Waals surface area contributed by atoms with E-state index in [9.17, 15) is 14.4 Å². The highest BCUT2D eigenvalue weighted by atomic mass is 32.1. The quantitative estimate of drug-likeness (QED) is 0.638. The Kier molecular flexibility index (Phi) is 6.22. The van der Waals surface area contributed by atoms with Crippen LogP contribution < -0.4 is 0 Å². The van der Waals surface area contributed by atoms with Gasteiger partial charge in [-0.1, -0.05) is 0 Å². The number of rotatable bonds is 3. The molecular formula is C23H33N3O5S. The summed E-state index contributed by atoms with van der Waals surface area (Å²) in [5.74, 6) is 0.751. The van der Waals surface area contributed by atoms with Crippen LogP contribution in [0.5, 0.6) is 0 Å². The number of thiazole rings is 1. The molecule has 8 nitrogen and oxygen atoms in total. The van der Waals surface area contributed by atoms with Crippen molar-refractivity contribution >= 4 is 29.3 Å². The van der Waals surface area contributed by atoms with Crippen LogP contribution in [0.15, 0.2) is 0 Å². The van der Waals surface area contributed by atoms with Crippen LogP contribution >= 0.6 is 11.3 Å². The number of hydrogen-bond acceptors (Lipinski definition) is 7. The maximum atomic E-state index is 13.2. The monoisotopic (exact) mass is 463 g/mol. The van der Waals surface area contributed by atoms with Crippen molar-refractivity contribution in [3.8, 4) is 0 Å². The topological polar surface area (TPSA) is 89.0 Å². The molecule has 3 aliphatic rings. The fraction of sp³-hybridized carbons (Fsp3) is 0.739. The Labute approximate surface area is 193 Å². The zero-order chi connectivity index (χ0) is 23.2. The van der Waals surface area contributed by atoms with Crippen LogP contribution in [0.1, 0.15) is 66.3 Å². The highest BCUT2D eigenvalue weighted by molar-refractivity contribution is 7.13. The molecule has 2 aliphatic heterocycles. The predicted molar refractivity (Wildman–Crippen MR) is 120 cm³/mol. The molecule has 4 rings (SSSR count). The van der Waals surface area contributed by atoms with Crippen LogP contribution in [-0.2, 0) is 14.3 Å². The fourth-order valence-electron chi connectivity index (χ4n) is 5.21. The van der Waals surface area contributed by atoms with Gasteiger partial charge in [0.25, 0.3) is 5.91 Å². The van der Waals surface area contributed by atoms with E-state index in [0.29, 0.717) is 42.9 Å². The lowest BCUT2D eigenvalue weighted by molar-refractivity contribution is -0.145. The molecule has 1 aromatic rings. The minimum absolute atomic E-state index is 0.0284. The zero-order valence-electron chi connectivity index (χ0n) is 19.6. The first-order valence-corrected chi connectivity index (χ1v) is 12.2. The number of carbonyl (C=O) groups is 3. The molecule has 2 unspecified atom stereocenters. The van der Waals surface area contributed by atoms with Gasteiger partial charge in [-0.25, -0.2) is 9.78 Å². The first-order chi connectivity index (χ1) is 15.1. The maximum absolute atomic E-state index is 13.2. The molecule has 176 valence electrons. The molecule has 32 heavy (non-hydrogen) atoms. The van der Waals surface area contributed by atoms with E-state index >= 15 is 0 Å². The van der Waals surface area contributed by atoms with Gasteiger partial charge in [0, 0.05) is 32.1 Å². The molecule has 1 saturated carbocycles. The number of fused-ring (bicyclic) bond motifs is 1. The second-order valence-electron chi connectivity index (χ2n) is 10.3. The second-order valence-corrected chi connectivity index (χ2v) is 11.3. The van der Waals surface area contributed by atoms with Gasteiger partial charge >= 0.3 is 12.1 Å². The summed E-state index contributed by atoms with van der Waals surface area (Å²) in [4.78, 5) is 46.5. The van der Waals surface area contributed by atoms with Gasteiger partial charge in [-0.05, 0) is 58.8 Å². The average molecular weight is 464 g/mol. The Morgan fingerprint density at radius 3 is 2.31 bits per heavy atom. The number of esters is 1. The number of methoxy groups -OCH3 is 1. The highest BCUT2D eigenvalue weighted by Crippen LogP contribution is 2.43. The van der Waals surface area contributed by atoms with Crippen molar-refractivity contribution < 1.29 is 23.9 Å². The van der Waals surface area contributed by atoms with E-state index in [-0.39, 0.29) is 29.8 Å². The van der Waals surface area contributed by atoms with E-state index in [0.717, 1.165) is 30.0 Å². The summed E-state index contributed by atoms with van der Waals surface area (Å²) in [6.45, 7) is 10.1. The third-order valence-corrected chi connectivity index (χ3v) is 8.08. The van der Waals surface area contributed by atoms with E-state index in [1.54, 1.807) is 4.90 Å². The predicted octanol–water partition coefficient (Wildman–Crippen LogP) is 3.45. The van der Waals surface area contributed by atoms with Gasteiger partial charge in [-0.15, -0.1) is 11.3 Å². The minimum atomic E-state index is -0.516. The molecule has 3 fully saturated rings. The maximum Gasteiger partial charge on any atom is 0.410 e. The van der Waals surface area contributed by atoms with Crippen molar-refractivity contribution in [1.29, 1.82) is 0 Å². The molecule has 2 amide bonds. The largest absolute Gasteiger partial charge is 0.469 e. The molecule has 4 atom stereocenters. The van der Waals surface area contributed by atoms with Gasteiger partial charge in [0.15, 0.2) is 0 Å². The number of ether oxygens (including phenoxy) is 2. The number of carbonyl (C=O) groups excluding carboxylic acids is 3. The summed E-state index contributed by atoms with van der Waals surface area (Å²) in [6, 6.07) is 0. The third kappa shape index (κ3) is 4.63. The van der Waals surface area contributed by atoms with E-state index < -0.39 is 5.60 Å². The van der Waals surface area contributed by atoms with Crippen LogP contribution in [0.4, 0.5) is 4.79 Å². The highest BCUT2D eigenvalue weighted by Gasteiger charge is 2.45. The Hall–Kier alpha value is -2.16. The molecule has 9 heteroatoms.